The molecule has 0 aliphatic rings. The lowest BCUT2D eigenvalue weighted by atomic mass is 9.87. The van der Waals surface area contributed by atoms with Crippen molar-refractivity contribution in [1.29, 1.82) is 0 Å². The fraction of sp³-hybridized carbons (Fsp3) is 0.450. The number of aliphatic hydroxyl groups excluding tert-OH is 2. The number of ketones is 1. The van der Waals surface area contributed by atoms with Crippen molar-refractivity contribution in [2.45, 2.75) is 263 Å². The number of amides is 1. The highest BCUT2D eigenvalue weighted by Gasteiger charge is 2.47. The van der Waals surface area contributed by atoms with Crippen LogP contribution in [0.3, 0.4) is 0 Å². The first kappa shape index (κ1) is 142. The van der Waals surface area contributed by atoms with Crippen molar-refractivity contribution >= 4 is 196 Å². The molecule has 0 aliphatic carbocycles. The second-order valence-electron chi connectivity index (χ2n) is 38.3. The first-order valence-corrected chi connectivity index (χ1v) is 52.5. The van der Waals surface area contributed by atoms with E-state index >= 15 is 0 Å². The van der Waals surface area contributed by atoms with Gasteiger partial charge in [0.05, 0.1) is 167 Å². The van der Waals surface area contributed by atoms with Crippen LogP contribution in [0.2, 0.25) is 40.2 Å². The molecule has 0 spiro atoms. The number of nitrogens with one attached hydrogen (secondary N) is 4. The zero-order chi connectivity index (χ0) is 114. The molecule has 8 aromatic carbocycles. The highest BCUT2D eigenvalue weighted by Crippen LogP contribution is 2.41. The average Bonchev–Trinajstić information content (AvgIpc) is 0.793. The predicted molar refractivity (Wildman–Crippen MR) is 575 cm³/mol. The van der Waals surface area contributed by atoms with Gasteiger partial charge in [-0.1, -0.05) is 172 Å². The summed E-state index contributed by atoms with van der Waals surface area (Å²) in [5.41, 5.74) is -3.02. The first-order chi connectivity index (χ1) is 66.5. The number of hydrogen-bond acceptors (Lipinski definition) is 15. The summed E-state index contributed by atoms with van der Waals surface area (Å²) in [5, 5.41) is 27.0. The van der Waals surface area contributed by atoms with Gasteiger partial charge in [-0.2, -0.15) is 22.3 Å². The highest BCUT2D eigenvalue weighted by molar-refractivity contribution is 7.85. The Morgan fingerprint density at radius 2 is 0.714 bits per heavy atom. The number of hydrogen-bond donors (Lipinski definition) is 7. The van der Waals surface area contributed by atoms with Gasteiger partial charge in [0, 0.05) is 37.6 Å². The van der Waals surface area contributed by atoms with E-state index in [9.17, 15) is 104 Å². The first-order valence-electron chi connectivity index (χ1n) is 43.8. The smallest absolute Gasteiger partial charge is 0.414 e. The number of nitrogens with zero attached hydrogens (tertiary/aromatic N) is 2. The van der Waals surface area contributed by atoms with Gasteiger partial charge in [0.1, 0.15) is 69.4 Å². The minimum atomic E-state index is -4.87. The third-order valence-corrected chi connectivity index (χ3v) is 30.8. The van der Waals surface area contributed by atoms with Crippen molar-refractivity contribution in [2.75, 3.05) is 27.4 Å². The Bertz CT molecular complexity index is 5800. The molecular formula is C100H129Cl9F11N6O16S5+. The standard InChI is InChI=1S/C18H27ClFNO3S.C15H20ClF4NO2S.C14H21ClFNO2S.C14H19ClFNO2S.C12H15ClFNOS.C9H9ClFNO2.C8H6ClFO.C7H4ClFO2.C3H7O.ClH/c1-16(2,3)24-14(22)11-18(7,21-25(23)17(4,5)6)12-9-8-10-13(20)15(12)19;1-13(2,3)24(23)21-14(4,8-11(22)15(18,19)20)9-6-5-7-10(17)12(9)16;2*1-13(2,3)20(19)17-14(4,8-9-18)10-6-5-7-11(16)12(10)15;1-8(15-17(16)12(2,3)4)9-6-5-7-10(14)11(9)13;1-12(14-2)9(13)6-4-3-5-7(11)8(6)10;1-5(11)6-3-2-4-7(10)8(6)9;8-6-4(7(10)11)2-1-3-5(6)9;1-3-4-2;/h8-10,21H,11H2,1-7H3;5-7,11,21-22H,8H2,1-4H3;5-7,17-18H,8-9H2,1-4H3;5-7,9,17H,8H2,1-4H3;5-7H,1-4H3;3-5H,1-2H3;2-4H,1H3;1-3H,(H,10,11);2-3H2,1H3;1H/q;;;;;;;;+1;/t18-,25+;11-,14-,24+;2*14-,20+;17-;;;;;/m00001...../s1. The molecule has 0 radical (unpaired) electrons. The van der Waals surface area contributed by atoms with Gasteiger partial charge in [-0.05, 0) is 268 Å². The topological polar surface area (TPSA) is 323 Å². The van der Waals surface area contributed by atoms with E-state index < -0.39 is 190 Å². The molecule has 1 amide bonds. The molecule has 147 heavy (non-hydrogen) atoms. The second kappa shape index (κ2) is 62.6. The van der Waals surface area contributed by atoms with Gasteiger partial charge >= 0.3 is 18.1 Å². The summed E-state index contributed by atoms with van der Waals surface area (Å²) in [4.78, 5) is 60.6. The van der Waals surface area contributed by atoms with Crippen LogP contribution in [0.15, 0.2) is 150 Å². The Hall–Kier alpha value is -6.68. The SMILES string of the molecule is CC(=N[S@](=O)C(C)(C)C)c1cccc(F)c1Cl.CC(=O)c1cccc(F)c1Cl.CC(C)(C)OC(=O)C[C@](C)(N[S@](=O)C(C)(C)C)c1cccc(F)c1Cl.CC(C)(C)[S@@](=O)N[C@@](C)(CC=O)c1cccc(F)c1Cl.CC(C)(C)[S@@](=O)N[C@@](C)(CCO)c1cccc(F)c1Cl.CC(C)(C)[S@@](=O)N[C@@](C)(C[C@H](O)C(F)(F)F)c1cccc(F)c1Cl.CON(C)C(=O)c1cccc(F)c1Cl.Cl.O=C(O)c1cccc(F)c1Cl.[CH2+]OCC. The van der Waals surface area contributed by atoms with Crippen LogP contribution in [0.4, 0.5) is 48.3 Å². The molecule has 22 nitrogen and oxygen atoms in total. The van der Waals surface area contributed by atoms with Crippen molar-refractivity contribution in [3.05, 3.63) is 284 Å². The fourth-order valence-electron chi connectivity index (χ4n) is 11.0. The molecule has 10 atom stereocenters. The number of ether oxygens (including phenoxy) is 2. The van der Waals surface area contributed by atoms with E-state index in [2.05, 4.69) is 40.0 Å². The fourth-order valence-corrected chi connectivity index (χ4v) is 17.5. The molecule has 0 unspecified atom stereocenters. The number of benzene rings is 8. The van der Waals surface area contributed by atoms with Crippen LogP contribution in [0.1, 0.15) is 258 Å². The summed E-state index contributed by atoms with van der Waals surface area (Å²) in [7, 11) is -1.57. The van der Waals surface area contributed by atoms with Crippen molar-refractivity contribution in [3.63, 3.8) is 0 Å². The molecule has 7 N–H and O–H groups in total. The van der Waals surface area contributed by atoms with Gasteiger partial charge in [0.2, 0.25) is 7.11 Å². The van der Waals surface area contributed by atoms with Crippen molar-refractivity contribution in [2.24, 2.45) is 4.40 Å². The van der Waals surface area contributed by atoms with Crippen LogP contribution >= 0.6 is 105 Å². The molecule has 0 aromatic heterocycles. The minimum absolute atomic E-state index is 0. The van der Waals surface area contributed by atoms with Crippen LogP contribution in [0.5, 0.6) is 0 Å². The van der Waals surface area contributed by atoms with Crippen LogP contribution in [-0.2, 0) is 101 Å². The van der Waals surface area contributed by atoms with Gasteiger partial charge in [-0.3, -0.25) is 19.2 Å². The summed E-state index contributed by atoms with van der Waals surface area (Å²) in [6.07, 6.45) is -7.56. The number of carbonyl (C=O) groups excluding carboxylic acids is 4. The Morgan fingerprint density at radius 3 is 1.00 bits per heavy atom. The van der Waals surface area contributed by atoms with E-state index in [1.807, 2.05) is 69.2 Å². The summed E-state index contributed by atoms with van der Waals surface area (Å²) in [5.74, 6) is -7.34. The third-order valence-electron chi connectivity index (χ3n) is 19.2. The minimum Gasteiger partial charge on any atom is -0.478 e. The number of halogens is 20. The Kier molecular flexibility index (Phi) is 60.6. The maximum atomic E-state index is 13.9. The molecule has 0 heterocycles. The number of rotatable bonds is 27. The Labute approximate surface area is 913 Å². The highest BCUT2D eigenvalue weighted by atomic mass is 35.5. The lowest BCUT2D eigenvalue weighted by Gasteiger charge is -2.36. The predicted octanol–water partition coefficient (Wildman–Crippen LogP) is 27.0. The molecule has 0 fully saturated rings. The molecule has 8 aromatic rings. The maximum Gasteiger partial charge on any atom is 0.414 e. The molecule has 0 saturated heterocycles. The largest absolute Gasteiger partial charge is 0.478 e. The number of aromatic carboxylic acids is 1. The lowest BCUT2D eigenvalue weighted by Crippen LogP contribution is -2.50. The maximum absolute atomic E-state index is 13.9. The number of aldehydes is 1. The molecule has 47 heteroatoms. The lowest BCUT2D eigenvalue weighted by molar-refractivity contribution is -0.209. The van der Waals surface area contributed by atoms with Crippen molar-refractivity contribution in [1.82, 2.24) is 24.0 Å². The number of carbonyl (C=O) groups is 5. The van der Waals surface area contributed by atoms with Gasteiger partial charge in [-0.15, -0.1) is 12.4 Å². The van der Waals surface area contributed by atoms with Gasteiger partial charge in [0.25, 0.3) is 5.91 Å². The van der Waals surface area contributed by atoms with Crippen LogP contribution in [-0.4, -0.2) is 146 Å². The second-order valence-corrected chi connectivity index (χ2v) is 51.1. The van der Waals surface area contributed by atoms with E-state index in [1.54, 1.807) is 126 Å². The third kappa shape index (κ3) is 47.4. The average molecular weight is 2360 g/mol. The number of aliphatic hydroxyl groups is 2. The Morgan fingerprint density at radius 1 is 0.442 bits per heavy atom. The number of carboxylic acids is 1. The van der Waals surface area contributed by atoms with Gasteiger partial charge in [-0.25, -0.2) is 84.9 Å². The van der Waals surface area contributed by atoms with E-state index in [0.29, 0.717) is 40.9 Å². The molecule has 824 valence electrons. The normalized spacial score (nSPS) is 14.5. The monoisotopic (exact) mass is 2350 g/mol. The molecule has 8 rings (SSSR count). The molecule has 0 saturated carbocycles. The van der Waals surface area contributed by atoms with E-state index in [1.165, 1.54) is 125 Å². The number of esters is 1. The van der Waals surface area contributed by atoms with Gasteiger partial charge < -0.3 is 24.9 Å². The zero-order valence-electron chi connectivity index (χ0n) is 86.1. The van der Waals surface area contributed by atoms with Crippen molar-refractivity contribution in [3.8, 4) is 0 Å². The number of Topliss-reactive ketones (excluding diaryl/α,β-unsaturated/α-hetero) is 1. The number of alkyl halides is 3. The summed E-state index contributed by atoms with van der Waals surface area (Å²) in [6, 6.07) is 33.3. The van der Waals surface area contributed by atoms with E-state index in [4.69, 9.17) is 103 Å². The number of hydroxylamine groups is 2. The van der Waals surface area contributed by atoms with E-state index in [0.717, 1.165) is 17.2 Å². The molecule has 0 aliphatic heterocycles. The van der Waals surface area contributed by atoms with Crippen LogP contribution in [0.25, 0.3) is 0 Å². The Balaban J connectivity index is 0. The van der Waals surface area contributed by atoms with Crippen LogP contribution < -0.4 is 18.9 Å². The van der Waals surface area contributed by atoms with Gasteiger partial charge in [0.15, 0.2) is 11.9 Å². The van der Waals surface area contributed by atoms with Crippen molar-refractivity contribution < 1.29 is 123 Å². The molecule has 0 bridgehead atoms. The summed E-state index contributed by atoms with van der Waals surface area (Å²) >= 11 is 46.3. The summed E-state index contributed by atoms with van der Waals surface area (Å²) < 4.78 is 228. The quantitative estimate of drug-likeness (QED) is 0.00478. The molecular weight excluding hydrogens is 2230 g/mol. The van der Waals surface area contributed by atoms with Crippen LogP contribution in [0, 0.1) is 53.6 Å². The van der Waals surface area contributed by atoms with E-state index in [-0.39, 0.29) is 106 Å². The number of carboxylic acid groups (broad SMARTS) is 1. The summed E-state index contributed by atoms with van der Waals surface area (Å²) in [6.45, 7) is 43.9. The zero-order valence-corrected chi connectivity index (χ0v) is 97.1.